The second-order valence-electron chi connectivity index (χ2n) is 14.5. The van der Waals surface area contributed by atoms with Crippen molar-refractivity contribution in [3.8, 4) is 67.3 Å². The van der Waals surface area contributed by atoms with Crippen LogP contribution in [0.3, 0.4) is 0 Å². The molecule has 2 heterocycles. The Bertz CT molecular complexity index is 2890. The van der Waals surface area contributed by atoms with Crippen molar-refractivity contribution in [3.05, 3.63) is 229 Å². The van der Waals surface area contributed by atoms with Gasteiger partial charge in [-0.25, -0.2) is 9.97 Å². The van der Waals surface area contributed by atoms with Gasteiger partial charge in [-0.2, -0.15) is 0 Å². The molecule has 8 aromatic carbocycles. The molecule has 1 spiro atoms. The fraction of sp³-hybridized carbons (Fsp3) is 0.0189. The molecule has 1 aromatic heterocycles. The molecule has 0 N–H and O–H groups in total. The highest BCUT2D eigenvalue weighted by Crippen LogP contribution is 2.62. The first-order chi connectivity index (χ1) is 27.7. The smallest absolute Gasteiger partial charge is 0.160 e. The lowest BCUT2D eigenvalue weighted by Crippen LogP contribution is -2.32. The van der Waals surface area contributed by atoms with Crippen molar-refractivity contribution < 1.29 is 0 Å². The van der Waals surface area contributed by atoms with Gasteiger partial charge in [0.1, 0.15) is 0 Å². The van der Waals surface area contributed by atoms with Crippen LogP contribution in [-0.4, -0.2) is 9.97 Å². The van der Waals surface area contributed by atoms with Crippen LogP contribution in [-0.2, 0) is 5.41 Å². The van der Waals surface area contributed by atoms with Gasteiger partial charge in [-0.3, -0.25) is 0 Å². The molecule has 11 rings (SSSR count). The zero-order chi connectivity index (χ0) is 37.1. The van der Waals surface area contributed by atoms with Crippen LogP contribution in [0.5, 0.6) is 0 Å². The molecular weight excluding hydrogens is 697 g/mol. The third-order valence-corrected chi connectivity index (χ3v) is 12.5. The molecule has 262 valence electrons. The fourth-order valence-electron chi connectivity index (χ4n) is 8.82. The van der Waals surface area contributed by atoms with E-state index in [4.69, 9.17) is 9.97 Å². The summed E-state index contributed by atoms with van der Waals surface area (Å²) in [6.45, 7) is 0. The lowest BCUT2D eigenvalue weighted by atomic mass is 9.67. The molecule has 3 heteroatoms. The van der Waals surface area contributed by atoms with Gasteiger partial charge in [-0.05, 0) is 86.0 Å². The van der Waals surface area contributed by atoms with Crippen LogP contribution >= 0.6 is 11.8 Å². The summed E-state index contributed by atoms with van der Waals surface area (Å²) in [4.78, 5) is 12.9. The Morgan fingerprint density at radius 2 is 0.786 bits per heavy atom. The van der Waals surface area contributed by atoms with E-state index in [-0.39, 0.29) is 0 Å². The van der Waals surface area contributed by atoms with E-state index in [1.54, 1.807) is 0 Å². The van der Waals surface area contributed by atoms with E-state index in [1.807, 2.05) is 30.0 Å². The first-order valence-electron chi connectivity index (χ1n) is 19.1. The molecule has 0 radical (unpaired) electrons. The van der Waals surface area contributed by atoms with Gasteiger partial charge in [0, 0.05) is 26.5 Å². The summed E-state index contributed by atoms with van der Waals surface area (Å²) in [6.07, 6.45) is 0. The van der Waals surface area contributed by atoms with Crippen LogP contribution in [0, 0.1) is 0 Å². The molecule has 0 atom stereocenters. The molecule has 1 aliphatic heterocycles. The number of fused-ring (bicyclic) bond motifs is 9. The Hall–Kier alpha value is -6.81. The first kappa shape index (κ1) is 32.6. The summed E-state index contributed by atoms with van der Waals surface area (Å²) in [5.41, 5.74) is 17.2. The van der Waals surface area contributed by atoms with Gasteiger partial charge < -0.3 is 0 Å². The second-order valence-corrected chi connectivity index (χ2v) is 15.6. The summed E-state index contributed by atoms with van der Waals surface area (Å²) < 4.78 is 0. The van der Waals surface area contributed by atoms with Crippen LogP contribution < -0.4 is 0 Å². The topological polar surface area (TPSA) is 25.8 Å². The summed E-state index contributed by atoms with van der Waals surface area (Å²) in [7, 11) is 0. The quantitative estimate of drug-likeness (QED) is 0.176. The molecule has 0 bridgehead atoms. The summed E-state index contributed by atoms with van der Waals surface area (Å²) in [5, 5.41) is 0. The first-order valence-corrected chi connectivity index (χ1v) is 19.9. The van der Waals surface area contributed by atoms with E-state index in [0.717, 1.165) is 33.6 Å². The molecule has 9 aromatic rings. The number of nitrogens with zero attached hydrogens (tertiary/aromatic N) is 2. The highest BCUT2D eigenvalue weighted by atomic mass is 32.2. The Morgan fingerprint density at radius 3 is 1.50 bits per heavy atom. The Balaban J connectivity index is 1.05. The normalized spacial score (nSPS) is 13.1. The van der Waals surface area contributed by atoms with Crippen molar-refractivity contribution in [2.24, 2.45) is 0 Å². The number of benzene rings is 8. The third kappa shape index (κ3) is 5.20. The summed E-state index contributed by atoms with van der Waals surface area (Å²) >= 11 is 1.88. The maximum atomic E-state index is 5.19. The molecule has 2 aliphatic rings. The highest BCUT2D eigenvalue weighted by molar-refractivity contribution is 7.99. The molecule has 0 saturated heterocycles. The van der Waals surface area contributed by atoms with Crippen LogP contribution in [0.25, 0.3) is 67.3 Å². The molecule has 1 aliphatic carbocycles. The van der Waals surface area contributed by atoms with Crippen LogP contribution in [0.1, 0.15) is 22.3 Å². The summed E-state index contributed by atoms with van der Waals surface area (Å²) in [5.74, 6) is 0.709. The molecule has 2 nitrogen and oxygen atoms in total. The second kappa shape index (κ2) is 13.2. The zero-order valence-corrected chi connectivity index (χ0v) is 31.2. The maximum absolute atomic E-state index is 5.19. The van der Waals surface area contributed by atoms with Gasteiger partial charge in [-0.15, -0.1) is 0 Å². The van der Waals surface area contributed by atoms with Gasteiger partial charge >= 0.3 is 0 Å². The number of hydrogen-bond donors (Lipinski definition) is 0. The predicted octanol–water partition coefficient (Wildman–Crippen LogP) is 13.6. The Morgan fingerprint density at radius 1 is 0.304 bits per heavy atom. The van der Waals surface area contributed by atoms with Crippen molar-refractivity contribution in [1.29, 1.82) is 0 Å². The molecule has 56 heavy (non-hydrogen) atoms. The SMILES string of the molecule is c1ccc(-c2ccc(-c3cc(-c4cccc(-c5ccc6c(c5)C5(c7ccccc7S6)c6ccccc6-c6ccccc65)c4)nc(-c4ccccc4)n3)cc2)cc1. The van der Waals surface area contributed by atoms with Crippen molar-refractivity contribution >= 4 is 11.8 Å². The Labute approximate surface area is 331 Å². The van der Waals surface area contributed by atoms with Crippen LogP contribution in [0.15, 0.2) is 216 Å². The number of aromatic nitrogens is 2. The number of rotatable bonds is 5. The average Bonchev–Trinajstić information content (AvgIpc) is 3.57. The summed E-state index contributed by atoms with van der Waals surface area (Å²) in [6, 6.07) is 74.4. The maximum Gasteiger partial charge on any atom is 0.160 e. The van der Waals surface area contributed by atoms with Crippen LogP contribution in [0.4, 0.5) is 0 Å². The molecular formula is C53H34N2S. The zero-order valence-electron chi connectivity index (χ0n) is 30.4. The van der Waals surface area contributed by atoms with Crippen molar-refractivity contribution in [3.63, 3.8) is 0 Å². The van der Waals surface area contributed by atoms with Gasteiger partial charge in [0.2, 0.25) is 0 Å². The minimum Gasteiger partial charge on any atom is -0.228 e. The Kier molecular flexibility index (Phi) is 7.68. The van der Waals surface area contributed by atoms with Crippen molar-refractivity contribution in [1.82, 2.24) is 9.97 Å². The fourth-order valence-corrected chi connectivity index (χ4v) is 9.99. The van der Waals surface area contributed by atoms with Gasteiger partial charge in [0.25, 0.3) is 0 Å². The molecule has 0 fully saturated rings. The molecule has 0 amide bonds. The van der Waals surface area contributed by atoms with Gasteiger partial charge in [0.05, 0.1) is 16.8 Å². The lowest BCUT2D eigenvalue weighted by molar-refractivity contribution is 0.723. The van der Waals surface area contributed by atoms with E-state index in [2.05, 4.69) is 188 Å². The van der Waals surface area contributed by atoms with E-state index >= 15 is 0 Å². The van der Waals surface area contributed by atoms with E-state index < -0.39 is 5.41 Å². The van der Waals surface area contributed by atoms with E-state index in [1.165, 1.54) is 59.9 Å². The largest absolute Gasteiger partial charge is 0.228 e. The van der Waals surface area contributed by atoms with E-state index in [9.17, 15) is 0 Å². The van der Waals surface area contributed by atoms with Crippen LogP contribution in [0.2, 0.25) is 0 Å². The minimum atomic E-state index is -0.416. The average molecular weight is 731 g/mol. The lowest BCUT2D eigenvalue weighted by Gasteiger charge is -2.40. The molecule has 0 unspecified atom stereocenters. The highest BCUT2D eigenvalue weighted by Gasteiger charge is 2.50. The molecule has 0 saturated carbocycles. The van der Waals surface area contributed by atoms with Gasteiger partial charge in [-0.1, -0.05) is 188 Å². The van der Waals surface area contributed by atoms with Crippen molar-refractivity contribution in [2.75, 3.05) is 0 Å². The third-order valence-electron chi connectivity index (χ3n) is 11.4. The monoisotopic (exact) mass is 730 g/mol. The standard InChI is InChI=1S/C53H34N2S/c1-3-14-35(15-4-1)36-26-28-37(29-27-36)48-34-49(55-52(54-48)38-16-5-2-6-17-38)41-19-13-18-39(32-41)40-30-31-51-47(33-40)53(46-24-11-12-25-50(46)56-51)44-22-9-7-20-42(44)43-21-8-10-23-45(43)53/h1-34H. The van der Waals surface area contributed by atoms with Crippen molar-refractivity contribution in [2.45, 2.75) is 15.2 Å². The predicted molar refractivity (Wildman–Crippen MR) is 231 cm³/mol. The number of hydrogen-bond acceptors (Lipinski definition) is 3. The van der Waals surface area contributed by atoms with E-state index in [0.29, 0.717) is 5.82 Å². The van der Waals surface area contributed by atoms with Gasteiger partial charge in [0.15, 0.2) is 5.82 Å². The minimum absolute atomic E-state index is 0.416.